The van der Waals surface area contributed by atoms with E-state index in [1.807, 2.05) is 30.3 Å². The van der Waals surface area contributed by atoms with E-state index in [-0.39, 0.29) is 5.91 Å². The minimum atomic E-state index is -0.390. The van der Waals surface area contributed by atoms with E-state index in [9.17, 15) is 9.59 Å². The number of nitrogens with zero attached hydrogens (tertiary/aromatic N) is 2. The number of rotatable bonds is 3. The molecular formula is C18H16N4O3S2. The quantitative estimate of drug-likeness (QED) is 0.694. The van der Waals surface area contributed by atoms with E-state index in [1.54, 1.807) is 25.1 Å². The average Bonchev–Trinajstić information content (AvgIpc) is 3.06. The Morgan fingerprint density at radius 1 is 1.22 bits per heavy atom. The molecule has 7 nitrogen and oxygen atoms in total. The number of nitrogens with one attached hydrogen (secondary N) is 2. The molecule has 0 saturated carbocycles. The van der Waals surface area contributed by atoms with Gasteiger partial charge in [-0.3, -0.25) is 10.1 Å². The number of hydrogen-bond acceptors (Lipinski definition) is 6. The van der Waals surface area contributed by atoms with Crippen molar-refractivity contribution in [1.29, 1.82) is 0 Å². The fraction of sp³-hybridized carbons (Fsp3) is 0.167. The first-order valence-corrected chi connectivity index (χ1v) is 9.90. The third-order valence-corrected chi connectivity index (χ3v) is 6.10. The first-order chi connectivity index (χ1) is 13.0. The van der Waals surface area contributed by atoms with Crippen LogP contribution in [0.15, 0.2) is 41.3 Å². The van der Waals surface area contributed by atoms with Crippen molar-refractivity contribution in [3.63, 3.8) is 0 Å². The summed E-state index contributed by atoms with van der Waals surface area (Å²) in [4.78, 5) is 31.2. The van der Waals surface area contributed by atoms with Crippen LogP contribution in [0.2, 0.25) is 0 Å². The van der Waals surface area contributed by atoms with Gasteiger partial charge in [0.15, 0.2) is 5.13 Å². The van der Waals surface area contributed by atoms with Gasteiger partial charge in [0.25, 0.3) is 0 Å². The lowest BCUT2D eigenvalue weighted by atomic mass is 10.2. The van der Waals surface area contributed by atoms with Gasteiger partial charge in [-0.05, 0) is 36.4 Å². The summed E-state index contributed by atoms with van der Waals surface area (Å²) in [5.41, 5.74) is 2.19. The smallest absolute Gasteiger partial charge is 0.325 e. The van der Waals surface area contributed by atoms with Gasteiger partial charge in [0, 0.05) is 17.6 Å². The molecule has 138 valence electrons. The second-order valence-electron chi connectivity index (χ2n) is 5.86. The number of benzene rings is 2. The summed E-state index contributed by atoms with van der Waals surface area (Å²) in [6, 6.07) is 10.7. The number of methoxy groups -OCH3 is 1. The molecule has 3 amide bonds. The molecule has 0 spiro atoms. The lowest BCUT2D eigenvalue weighted by molar-refractivity contribution is -0.116. The maximum Gasteiger partial charge on any atom is 0.325 e. The molecule has 2 aromatic carbocycles. The number of ether oxygens (including phenoxy) is 1. The molecule has 4 rings (SSSR count). The Labute approximate surface area is 163 Å². The SMILES string of the molecule is COc1ccc2nc(NC(=O)Nc3ccc4c(c3)N(C)C(=O)CS4)sc2c1. The molecule has 1 aliphatic heterocycles. The van der Waals surface area contributed by atoms with Crippen molar-refractivity contribution >= 4 is 61.8 Å². The van der Waals surface area contributed by atoms with Crippen molar-refractivity contribution in [3.05, 3.63) is 36.4 Å². The molecule has 0 unspecified atom stereocenters. The van der Waals surface area contributed by atoms with Crippen LogP contribution < -0.4 is 20.3 Å². The number of thiazole rings is 1. The summed E-state index contributed by atoms with van der Waals surface area (Å²) in [5.74, 6) is 1.21. The highest BCUT2D eigenvalue weighted by atomic mass is 32.2. The van der Waals surface area contributed by atoms with Gasteiger partial charge in [-0.1, -0.05) is 11.3 Å². The van der Waals surface area contributed by atoms with E-state index >= 15 is 0 Å². The van der Waals surface area contributed by atoms with Crippen molar-refractivity contribution < 1.29 is 14.3 Å². The van der Waals surface area contributed by atoms with Gasteiger partial charge in [-0.2, -0.15) is 0 Å². The second kappa shape index (κ2) is 7.09. The summed E-state index contributed by atoms with van der Waals surface area (Å²) in [5, 5.41) is 6.03. The molecule has 27 heavy (non-hydrogen) atoms. The highest BCUT2D eigenvalue weighted by molar-refractivity contribution is 8.00. The molecule has 0 saturated heterocycles. The molecule has 0 fully saturated rings. The number of amides is 3. The minimum Gasteiger partial charge on any atom is -0.497 e. The summed E-state index contributed by atoms with van der Waals surface area (Å²) >= 11 is 2.87. The lowest BCUT2D eigenvalue weighted by Gasteiger charge is -2.25. The molecule has 1 aliphatic rings. The molecule has 3 aromatic rings. The molecule has 2 N–H and O–H groups in total. The Bertz CT molecular complexity index is 1050. The number of carbonyl (C=O) groups is 2. The van der Waals surface area contributed by atoms with Crippen LogP contribution in [0.5, 0.6) is 5.75 Å². The van der Waals surface area contributed by atoms with Crippen molar-refractivity contribution in [2.24, 2.45) is 0 Å². The summed E-state index contributed by atoms with van der Waals surface area (Å²) < 4.78 is 6.13. The zero-order valence-electron chi connectivity index (χ0n) is 14.6. The van der Waals surface area contributed by atoms with Gasteiger partial charge in [-0.15, -0.1) is 11.8 Å². The van der Waals surface area contributed by atoms with Crippen LogP contribution in [0.1, 0.15) is 0 Å². The van der Waals surface area contributed by atoms with E-state index in [2.05, 4.69) is 15.6 Å². The Kier molecular flexibility index (Phi) is 4.63. The predicted molar refractivity (Wildman–Crippen MR) is 109 cm³/mol. The van der Waals surface area contributed by atoms with Crippen molar-refractivity contribution in [2.75, 3.05) is 35.4 Å². The lowest BCUT2D eigenvalue weighted by Crippen LogP contribution is -2.31. The number of thioether (sulfide) groups is 1. The number of fused-ring (bicyclic) bond motifs is 2. The molecule has 2 heterocycles. The van der Waals surface area contributed by atoms with Crippen molar-refractivity contribution in [1.82, 2.24) is 4.98 Å². The normalized spacial score (nSPS) is 13.4. The first-order valence-electron chi connectivity index (χ1n) is 8.09. The van der Waals surface area contributed by atoms with Crippen molar-refractivity contribution in [2.45, 2.75) is 4.90 Å². The molecule has 0 bridgehead atoms. The third kappa shape index (κ3) is 3.56. The molecular weight excluding hydrogens is 384 g/mol. The Morgan fingerprint density at radius 3 is 2.89 bits per heavy atom. The van der Waals surface area contributed by atoms with Crippen LogP contribution in [-0.2, 0) is 4.79 Å². The van der Waals surface area contributed by atoms with Gasteiger partial charge in [0.1, 0.15) is 5.75 Å². The average molecular weight is 400 g/mol. The zero-order chi connectivity index (χ0) is 19.0. The van der Waals surface area contributed by atoms with E-state index in [0.717, 1.165) is 26.5 Å². The van der Waals surface area contributed by atoms with Gasteiger partial charge >= 0.3 is 6.03 Å². The number of hydrogen-bond donors (Lipinski definition) is 2. The van der Waals surface area contributed by atoms with Crippen LogP contribution in [0.4, 0.5) is 21.3 Å². The molecule has 0 atom stereocenters. The van der Waals surface area contributed by atoms with Gasteiger partial charge < -0.3 is 15.0 Å². The summed E-state index contributed by atoms with van der Waals surface area (Å²) in [6.07, 6.45) is 0. The van der Waals surface area contributed by atoms with E-state index < -0.39 is 6.03 Å². The number of urea groups is 1. The fourth-order valence-corrected chi connectivity index (χ4v) is 4.56. The maximum atomic E-state index is 12.3. The predicted octanol–water partition coefficient (Wildman–Crippen LogP) is 4.02. The minimum absolute atomic E-state index is 0.0407. The van der Waals surface area contributed by atoms with Crippen LogP contribution >= 0.6 is 23.1 Å². The topological polar surface area (TPSA) is 83.6 Å². The zero-order valence-corrected chi connectivity index (χ0v) is 16.2. The fourth-order valence-electron chi connectivity index (χ4n) is 2.69. The summed E-state index contributed by atoms with van der Waals surface area (Å²) in [7, 11) is 3.34. The Hall–Kier alpha value is -2.78. The molecule has 1 aromatic heterocycles. The van der Waals surface area contributed by atoms with E-state index in [4.69, 9.17) is 4.74 Å². The van der Waals surface area contributed by atoms with E-state index in [1.165, 1.54) is 23.1 Å². The highest BCUT2D eigenvalue weighted by Crippen LogP contribution is 2.36. The molecule has 9 heteroatoms. The third-order valence-electron chi connectivity index (χ3n) is 4.12. The number of carbonyl (C=O) groups excluding carboxylic acids is 2. The van der Waals surface area contributed by atoms with Crippen LogP contribution in [-0.4, -0.2) is 36.8 Å². The maximum absolute atomic E-state index is 12.3. The van der Waals surface area contributed by atoms with Gasteiger partial charge in [0.05, 0.1) is 28.8 Å². The summed E-state index contributed by atoms with van der Waals surface area (Å²) in [6.45, 7) is 0. The van der Waals surface area contributed by atoms with Crippen LogP contribution in [0.3, 0.4) is 0 Å². The monoisotopic (exact) mass is 400 g/mol. The van der Waals surface area contributed by atoms with Crippen LogP contribution in [0.25, 0.3) is 10.2 Å². The highest BCUT2D eigenvalue weighted by Gasteiger charge is 2.22. The molecule has 0 aliphatic carbocycles. The number of anilines is 3. The Morgan fingerprint density at radius 2 is 2.07 bits per heavy atom. The van der Waals surface area contributed by atoms with E-state index in [0.29, 0.717) is 16.6 Å². The second-order valence-corrected chi connectivity index (χ2v) is 7.90. The Balaban J connectivity index is 1.49. The van der Waals surface area contributed by atoms with Gasteiger partial charge in [-0.25, -0.2) is 9.78 Å². The van der Waals surface area contributed by atoms with Gasteiger partial charge in [0.2, 0.25) is 5.91 Å². The largest absolute Gasteiger partial charge is 0.497 e. The number of aromatic nitrogens is 1. The van der Waals surface area contributed by atoms with Crippen LogP contribution in [0, 0.1) is 0 Å². The standard InChI is InChI=1S/C18H16N4O3S2/c1-22-13-7-10(3-6-14(13)26-9-16(22)23)19-17(24)21-18-20-12-5-4-11(25-2)8-15(12)27-18/h3-8H,9H2,1-2H3,(H2,19,20,21,24). The first kappa shape index (κ1) is 17.6. The van der Waals surface area contributed by atoms with Crippen molar-refractivity contribution in [3.8, 4) is 5.75 Å². The molecule has 0 radical (unpaired) electrons.